The number of nitrogens with zero attached hydrogens (tertiary/aromatic N) is 6. The van der Waals surface area contributed by atoms with E-state index in [9.17, 15) is 4.79 Å². The van der Waals surface area contributed by atoms with Crippen molar-refractivity contribution in [3.05, 3.63) is 60.9 Å². The van der Waals surface area contributed by atoms with Crippen molar-refractivity contribution in [2.45, 2.75) is 32.8 Å². The molecule has 38 heavy (non-hydrogen) atoms. The van der Waals surface area contributed by atoms with Crippen LogP contribution in [0.25, 0.3) is 22.2 Å². The molecule has 1 saturated heterocycles. The van der Waals surface area contributed by atoms with E-state index in [1.807, 2.05) is 52.0 Å². The van der Waals surface area contributed by atoms with Crippen LogP contribution in [-0.4, -0.2) is 72.1 Å². The summed E-state index contributed by atoms with van der Waals surface area (Å²) < 4.78 is 13.7. The molecule has 5 rings (SSSR count). The van der Waals surface area contributed by atoms with Crippen LogP contribution in [0, 0.1) is 0 Å². The summed E-state index contributed by atoms with van der Waals surface area (Å²) in [6.45, 7) is 10.5. The third-order valence-electron chi connectivity index (χ3n) is 6.72. The van der Waals surface area contributed by atoms with Crippen LogP contribution in [0.15, 0.2) is 60.9 Å². The van der Waals surface area contributed by atoms with Crippen LogP contribution in [-0.2, 0) is 16.3 Å². The van der Waals surface area contributed by atoms with E-state index >= 15 is 0 Å². The molecule has 0 aliphatic carbocycles. The zero-order valence-electron chi connectivity index (χ0n) is 22.2. The molecule has 3 aromatic heterocycles. The van der Waals surface area contributed by atoms with Crippen LogP contribution in [0.2, 0.25) is 19.1 Å². The molecule has 1 aliphatic heterocycles. The van der Waals surface area contributed by atoms with Crippen molar-refractivity contribution in [2.75, 3.05) is 37.7 Å². The predicted octanol–water partition coefficient (Wildman–Crippen LogP) is 4.41. The maximum absolute atomic E-state index is 11.6. The van der Waals surface area contributed by atoms with Gasteiger partial charge >= 0.3 is 0 Å². The number of benzene rings is 1. The lowest BCUT2D eigenvalue weighted by atomic mass is 10.2. The van der Waals surface area contributed by atoms with Crippen molar-refractivity contribution in [1.29, 1.82) is 0 Å². The number of pyridine rings is 2. The summed E-state index contributed by atoms with van der Waals surface area (Å²) in [6.07, 6.45) is 3.57. The Morgan fingerprint density at radius 3 is 2.61 bits per heavy atom. The third-order valence-corrected chi connectivity index (χ3v) is 8.11. The summed E-state index contributed by atoms with van der Waals surface area (Å²) in [6, 6.07) is 16.9. The Morgan fingerprint density at radius 1 is 1.03 bits per heavy atom. The maximum Gasteiger partial charge on any atom is 0.219 e. The Bertz CT molecular complexity index is 1380. The summed E-state index contributed by atoms with van der Waals surface area (Å²) in [5.41, 5.74) is 2.82. The molecule has 0 radical (unpaired) electrons. The first kappa shape index (κ1) is 25.9. The number of carbonyl (C=O) groups is 1. The Kier molecular flexibility index (Phi) is 7.99. The molecule has 0 spiro atoms. The highest BCUT2D eigenvalue weighted by molar-refractivity contribution is 6.55. The average molecular weight is 531 g/mol. The summed E-state index contributed by atoms with van der Waals surface area (Å²) >= 11 is 0. The lowest BCUT2D eigenvalue weighted by molar-refractivity contribution is -0.129. The van der Waals surface area contributed by atoms with E-state index < -0.39 is 8.80 Å². The molecule has 0 saturated carbocycles. The summed E-state index contributed by atoms with van der Waals surface area (Å²) in [5.74, 6) is 2.28. The molecule has 1 fully saturated rings. The van der Waals surface area contributed by atoms with Gasteiger partial charge < -0.3 is 19.3 Å². The van der Waals surface area contributed by atoms with Crippen LogP contribution in [0.5, 0.6) is 11.6 Å². The van der Waals surface area contributed by atoms with E-state index in [4.69, 9.17) is 14.5 Å². The molecular weight excluding hydrogens is 496 g/mol. The number of amides is 1. The van der Waals surface area contributed by atoms with Gasteiger partial charge in [0.25, 0.3) is 0 Å². The average Bonchev–Trinajstić information content (AvgIpc) is 3.40. The van der Waals surface area contributed by atoms with Crippen LogP contribution >= 0.6 is 0 Å². The number of ether oxygens (including phenoxy) is 2. The minimum atomic E-state index is -0.611. The summed E-state index contributed by atoms with van der Waals surface area (Å²) in [4.78, 5) is 25.0. The highest BCUT2D eigenvalue weighted by Gasteiger charge is 2.19. The smallest absolute Gasteiger partial charge is 0.219 e. The van der Waals surface area contributed by atoms with Gasteiger partial charge in [-0.15, -0.1) is 0 Å². The minimum Gasteiger partial charge on any atom is -0.439 e. The summed E-state index contributed by atoms with van der Waals surface area (Å²) in [7, 11) is -0.611. The van der Waals surface area contributed by atoms with Crippen LogP contribution < -0.4 is 9.64 Å². The summed E-state index contributed by atoms with van der Waals surface area (Å²) in [5, 5.41) is 5.39. The number of anilines is 1. The van der Waals surface area contributed by atoms with E-state index in [1.54, 1.807) is 19.3 Å². The second kappa shape index (κ2) is 11.7. The van der Waals surface area contributed by atoms with Gasteiger partial charge in [-0.3, -0.25) is 4.79 Å². The third kappa shape index (κ3) is 6.20. The van der Waals surface area contributed by atoms with Crippen LogP contribution in [0.4, 0.5) is 5.82 Å². The molecule has 4 heterocycles. The molecule has 10 heteroatoms. The van der Waals surface area contributed by atoms with Gasteiger partial charge in [-0.25, -0.2) is 14.6 Å². The van der Waals surface area contributed by atoms with Crippen molar-refractivity contribution in [3.8, 4) is 22.9 Å². The second-order valence-electron chi connectivity index (χ2n) is 9.94. The first-order chi connectivity index (χ1) is 18.5. The van der Waals surface area contributed by atoms with E-state index in [0.717, 1.165) is 66.8 Å². The van der Waals surface area contributed by atoms with E-state index in [0.29, 0.717) is 18.4 Å². The number of fused-ring (bicyclic) bond motifs is 1. The number of aromatic nitrogens is 4. The standard InChI is InChI=1S/C28H34N6O3Si/c1-21(35)32-12-14-33(15-13-32)27-8-4-22-18-24(6-7-25(22)31-27)37-28-9-5-23(19-29-28)26-10-11-30-34(26)20-36-16-17-38(2)3/h4-11,18-19,38H,12-17,20H2,1-3H3. The van der Waals surface area contributed by atoms with Gasteiger partial charge in [-0.2, -0.15) is 5.10 Å². The lowest BCUT2D eigenvalue weighted by Gasteiger charge is -2.35. The monoisotopic (exact) mass is 530 g/mol. The molecule has 0 atom stereocenters. The fourth-order valence-corrected chi connectivity index (χ4v) is 5.08. The number of carbonyl (C=O) groups excluding carboxylic acids is 1. The number of rotatable bonds is 9. The Morgan fingerprint density at radius 2 is 1.87 bits per heavy atom. The molecule has 198 valence electrons. The molecular formula is C28H34N6O3Si. The number of piperazine rings is 1. The molecule has 1 amide bonds. The van der Waals surface area contributed by atoms with E-state index in [1.165, 1.54) is 0 Å². The van der Waals surface area contributed by atoms with Gasteiger partial charge in [-0.05, 0) is 48.5 Å². The highest BCUT2D eigenvalue weighted by Crippen LogP contribution is 2.27. The second-order valence-corrected chi connectivity index (χ2v) is 13.3. The van der Waals surface area contributed by atoms with Gasteiger partial charge in [0.05, 0.1) is 11.2 Å². The Balaban J connectivity index is 1.22. The van der Waals surface area contributed by atoms with E-state index in [2.05, 4.69) is 34.1 Å². The molecule has 1 aromatic carbocycles. The van der Waals surface area contributed by atoms with Gasteiger partial charge in [0.15, 0.2) is 0 Å². The highest BCUT2D eigenvalue weighted by atomic mass is 28.3. The van der Waals surface area contributed by atoms with Crippen LogP contribution in [0.1, 0.15) is 6.92 Å². The van der Waals surface area contributed by atoms with Crippen LogP contribution in [0.3, 0.4) is 0 Å². The normalized spacial score (nSPS) is 13.9. The molecule has 9 nitrogen and oxygen atoms in total. The molecule has 0 unspecified atom stereocenters. The van der Waals surface area contributed by atoms with Gasteiger partial charge in [-0.1, -0.05) is 13.1 Å². The van der Waals surface area contributed by atoms with Crippen molar-refractivity contribution in [2.24, 2.45) is 0 Å². The van der Waals surface area contributed by atoms with Crippen molar-refractivity contribution in [3.63, 3.8) is 0 Å². The van der Waals surface area contributed by atoms with Crippen molar-refractivity contribution < 1.29 is 14.3 Å². The first-order valence-electron chi connectivity index (χ1n) is 13.1. The van der Waals surface area contributed by atoms with Gasteiger partial charge in [0.1, 0.15) is 18.3 Å². The molecule has 4 aromatic rings. The van der Waals surface area contributed by atoms with Crippen molar-refractivity contribution >= 4 is 31.4 Å². The molecule has 0 N–H and O–H groups in total. The van der Waals surface area contributed by atoms with E-state index in [-0.39, 0.29) is 5.91 Å². The first-order valence-corrected chi connectivity index (χ1v) is 16.2. The van der Waals surface area contributed by atoms with Gasteiger partial charge in [0, 0.05) is 77.9 Å². The quantitative estimate of drug-likeness (QED) is 0.234. The SMILES string of the molecule is CC(=O)N1CCN(c2ccc3cc(Oc4ccc(-c5ccnn5COCC[SiH](C)C)cn4)ccc3n2)CC1. The molecule has 1 aliphatic rings. The zero-order valence-corrected chi connectivity index (χ0v) is 23.4. The lowest BCUT2D eigenvalue weighted by Crippen LogP contribution is -2.48. The largest absolute Gasteiger partial charge is 0.439 e. The maximum atomic E-state index is 11.6. The topological polar surface area (TPSA) is 85.6 Å². The predicted molar refractivity (Wildman–Crippen MR) is 151 cm³/mol. The van der Waals surface area contributed by atoms with Crippen molar-refractivity contribution in [1.82, 2.24) is 24.6 Å². The Hall–Kier alpha value is -3.76. The number of hydrogen-bond donors (Lipinski definition) is 0. The fourth-order valence-electron chi connectivity index (χ4n) is 4.45. The van der Waals surface area contributed by atoms with Gasteiger partial charge in [0.2, 0.25) is 11.8 Å². The Labute approximate surface area is 224 Å². The molecule has 0 bridgehead atoms. The fraction of sp³-hybridized carbons (Fsp3) is 0.357. The minimum absolute atomic E-state index is 0.127. The number of hydrogen-bond acceptors (Lipinski definition) is 7. The zero-order chi connectivity index (χ0) is 26.5.